The Kier molecular flexibility index (Phi) is 4.90. The van der Waals surface area contributed by atoms with E-state index in [0.717, 1.165) is 35.0 Å². The Hall–Kier alpha value is -2.36. The van der Waals surface area contributed by atoms with Gasteiger partial charge in [-0.25, -0.2) is 4.98 Å². The van der Waals surface area contributed by atoms with Crippen molar-refractivity contribution in [2.45, 2.75) is 13.0 Å². The van der Waals surface area contributed by atoms with Crippen LogP contribution in [-0.4, -0.2) is 60.2 Å². The Morgan fingerprint density at radius 1 is 1.26 bits per heavy atom. The van der Waals surface area contributed by atoms with E-state index in [0.29, 0.717) is 24.0 Å². The standard InChI is InChI=1S/C18H22N4O4S/c1-11-19-18-22(20-11)17(23)16(27-18)15(21-6-8-26-9-7-21)13-10-12(24-2)4-5-14(13)25-3/h4-5,10,15,23H,6-9H2,1-3H3/p+1/t15-/m0/s1. The van der Waals surface area contributed by atoms with Crippen molar-refractivity contribution in [2.75, 3.05) is 40.5 Å². The van der Waals surface area contributed by atoms with Gasteiger partial charge in [-0.15, -0.1) is 5.10 Å². The van der Waals surface area contributed by atoms with Crippen molar-refractivity contribution in [3.8, 4) is 17.4 Å². The second-order valence-corrected chi connectivity index (χ2v) is 7.46. The topological polar surface area (TPSA) is 82.6 Å². The molecular weight excluding hydrogens is 368 g/mol. The van der Waals surface area contributed by atoms with Crippen molar-refractivity contribution in [2.24, 2.45) is 0 Å². The maximum absolute atomic E-state index is 10.9. The van der Waals surface area contributed by atoms with Crippen LogP contribution in [0.2, 0.25) is 0 Å². The molecule has 9 heteroatoms. The number of ether oxygens (including phenoxy) is 3. The lowest BCUT2D eigenvalue weighted by Gasteiger charge is -2.31. The number of nitrogens with one attached hydrogen (secondary N) is 1. The van der Waals surface area contributed by atoms with Crippen LogP contribution >= 0.6 is 11.3 Å². The summed E-state index contributed by atoms with van der Waals surface area (Å²) in [6.07, 6.45) is 0. The SMILES string of the molecule is COc1ccc(OC)c([C@@H](c2sc3nc(C)nn3c2O)[NH+]2CCOCC2)c1. The fourth-order valence-corrected chi connectivity index (χ4v) is 4.75. The summed E-state index contributed by atoms with van der Waals surface area (Å²) in [5.41, 5.74) is 0.963. The largest absolute Gasteiger partial charge is 0.497 e. The highest BCUT2D eigenvalue weighted by molar-refractivity contribution is 7.17. The summed E-state index contributed by atoms with van der Waals surface area (Å²) in [6, 6.07) is 5.62. The quantitative estimate of drug-likeness (QED) is 0.670. The predicted octanol–water partition coefficient (Wildman–Crippen LogP) is 0.827. The molecule has 4 rings (SSSR count). The molecular formula is C18H23N4O4S+. The van der Waals surface area contributed by atoms with E-state index in [-0.39, 0.29) is 11.9 Å². The minimum absolute atomic E-state index is 0.129. The Balaban J connectivity index is 1.89. The van der Waals surface area contributed by atoms with Crippen LogP contribution < -0.4 is 14.4 Å². The maximum atomic E-state index is 10.9. The monoisotopic (exact) mass is 391 g/mol. The van der Waals surface area contributed by atoms with E-state index in [9.17, 15) is 5.11 Å². The van der Waals surface area contributed by atoms with Crippen LogP contribution in [0.4, 0.5) is 0 Å². The number of morpholine rings is 1. The molecule has 1 aliphatic rings. The number of thiazole rings is 1. The highest BCUT2D eigenvalue weighted by atomic mass is 32.1. The smallest absolute Gasteiger partial charge is 0.235 e. The third-order valence-electron chi connectivity index (χ3n) is 4.86. The number of aromatic hydroxyl groups is 1. The number of benzene rings is 1. The van der Waals surface area contributed by atoms with Crippen molar-refractivity contribution >= 4 is 16.3 Å². The highest BCUT2D eigenvalue weighted by Gasteiger charge is 2.36. The van der Waals surface area contributed by atoms with Crippen molar-refractivity contribution in [3.63, 3.8) is 0 Å². The van der Waals surface area contributed by atoms with Gasteiger partial charge in [-0.05, 0) is 25.1 Å². The number of aromatic nitrogens is 3. The number of quaternary nitrogens is 1. The van der Waals surface area contributed by atoms with Crippen molar-refractivity contribution in [1.29, 1.82) is 0 Å². The minimum atomic E-state index is -0.132. The van der Waals surface area contributed by atoms with Gasteiger partial charge in [-0.3, -0.25) is 0 Å². The predicted molar refractivity (Wildman–Crippen MR) is 100 cm³/mol. The van der Waals surface area contributed by atoms with Crippen LogP contribution in [0.15, 0.2) is 18.2 Å². The number of fused-ring (bicyclic) bond motifs is 1. The molecule has 27 heavy (non-hydrogen) atoms. The molecule has 0 aliphatic carbocycles. The molecule has 1 saturated heterocycles. The van der Waals surface area contributed by atoms with Crippen LogP contribution in [0.5, 0.6) is 17.4 Å². The number of rotatable bonds is 5. The zero-order chi connectivity index (χ0) is 19.0. The van der Waals surface area contributed by atoms with E-state index in [1.165, 1.54) is 20.8 Å². The molecule has 1 fully saturated rings. The average molecular weight is 391 g/mol. The molecule has 3 aromatic rings. The van der Waals surface area contributed by atoms with Gasteiger partial charge in [0.15, 0.2) is 6.04 Å². The summed E-state index contributed by atoms with van der Waals surface area (Å²) < 4.78 is 18.1. The first-order valence-electron chi connectivity index (χ1n) is 8.81. The van der Waals surface area contributed by atoms with Gasteiger partial charge >= 0.3 is 0 Å². The zero-order valence-electron chi connectivity index (χ0n) is 15.6. The Labute approximate surface area is 160 Å². The third-order valence-corrected chi connectivity index (χ3v) is 5.94. The van der Waals surface area contributed by atoms with Crippen molar-refractivity contribution in [3.05, 3.63) is 34.5 Å². The molecule has 0 amide bonds. The van der Waals surface area contributed by atoms with E-state index in [2.05, 4.69) is 10.1 Å². The summed E-state index contributed by atoms with van der Waals surface area (Å²) >= 11 is 1.46. The lowest BCUT2D eigenvalue weighted by Crippen LogP contribution is -3.14. The number of hydrogen-bond donors (Lipinski definition) is 2. The van der Waals surface area contributed by atoms with E-state index < -0.39 is 0 Å². The molecule has 144 valence electrons. The zero-order valence-corrected chi connectivity index (χ0v) is 16.4. The molecule has 0 saturated carbocycles. The van der Waals surface area contributed by atoms with Gasteiger partial charge in [0.2, 0.25) is 10.8 Å². The summed E-state index contributed by atoms with van der Waals surface area (Å²) in [7, 11) is 3.30. The van der Waals surface area contributed by atoms with E-state index in [1.54, 1.807) is 14.2 Å². The van der Waals surface area contributed by atoms with Crippen molar-refractivity contribution < 1.29 is 24.2 Å². The molecule has 0 spiro atoms. The Morgan fingerprint density at radius 3 is 2.70 bits per heavy atom. The Bertz CT molecular complexity index is 948. The van der Waals surface area contributed by atoms with Gasteiger partial charge in [-0.2, -0.15) is 4.52 Å². The molecule has 1 atom stereocenters. The Morgan fingerprint density at radius 2 is 2.04 bits per heavy atom. The van der Waals surface area contributed by atoms with E-state index in [4.69, 9.17) is 14.2 Å². The number of methoxy groups -OCH3 is 2. The van der Waals surface area contributed by atoms with E-state index in [1.807, 2.05) is 25.1 Å². The summed E-state index contributed by atoms with van der Waals surface area (Å²) in [5.74, 6) is 2.27. The van der Waals surface area contributed by atoms with Gasteiger partial charge in [0.25, 0.3) is 0 Å². The average Bonchev–Trinajstić information content (AvgIpc) is 3.20. The lowest BCUT2D eigenvalue weighted by molar-refractivity contribution is -0.932. The fraction of sp³-hybridized carbons (Fsp3) is 0.444. The normalized spacial score (nSPS) is 16.6. The van der Waals surface area contributed by atoms with Crippen LogP contribution in [-0.2, 0) is 4.74 Å². The number of nitrogens with zero attached hydrogens (tertiary/aromatic N) is 3. The van der Waals surface area contributed by atoms with Gasteiger partial charge in [-0.1, -0.05) is 11.3 Å². The first-order valence-corrected chi connectivity index (χ1v) is 9.63. The van der Waals surface area contributed by atoms with Crippen molar-refractivity contribution in [1.82, 2.24) is 14.6 Å². The van der Waals surface area contributed by atoms with Crippen LogP contribution in [0.3, 0.4) is 0 Å². The fourth-order valence-electron chi connectivity index (χ4n) is 3.57. The second-order valence-electron chi connectivity index (χ2n) is 6.45. The number of hydrogen-bond acceptors (Lipinski definition) is 7. The molecule has 2 aromatic heterocycles. The maximum Gasteiger partial charge on any atom is 0.235 e. The van der Waals surface area contributed by atoms with Crippen LogP contribution in [0.25, 0.3) is 4.96 Å². The molecule has 1 aromatic carbocycles. The third kappa shape index (κ3) is 3.22. The second kappa shape index (κ2) is 7.34. The molecule has 0 radical (unpaired) electrons. The highest BCUT2D eigenvalue weighted by Crippen LogP contribution is 2.39. The summed E-state index contributed by atoms with van der Waals surface area (Å²) in [5, 5.41) is 15.2. The van der Waals surface area contributed by atoms with Gasteiger partial charge < -0.3 is 24.2 Å². The first-order chi connectivity index (χ1) is 13.1. The van der Waals surface area contributed by atoms with Gasteiger partial charge in [0, 0.05) is 0 Å². The minimum Gasteiger partial charge on any atom is -0.497 e. The lowest BCUT2D eigenvalue weighted by atomic mass is 10.0. The number of aryl methyl sites for hydroxylation is 1. The first kappa shape index (κ1) is 18.0. The molecule has 8 nitrogen and oxygen atoms in total. The van der Waals surface area contributed by atoms with Crippen LogP contribution in [0.1, 0.15) is 22.3 Å². The van der Waals surface area contributed by atoms with Crippen LogP contribution in [0, 0.1) is 6.92 Å². The molecule has 0 unspecified atom stereocenters. The molecule has 2 N–H and O–H groups in total. The molecule has 1 aliphatic heterocycles. The summed E-state index contributed by atoms with van der Waals surface area (Å²) in [6.45, 7) is 4.83. The summed E-state index contributed by atoms with van der Waals surface area (Å²) in [4.78, 5) is 7.20. The molecule has 3 heterocycles. The van der Waals surface area contributed by atoms with Gasteiger partial charge in [0.05, 0.1) is 33.0 Å². The molecule has 0 bridgehead atoms. The van der Waals surface area contributed by atoms with Gasteiger partial charge in [0.1, 0.15) is 35.3 Å². The van der Waals surface area contributed by atoms with E-state index >= 15 is 0 Å².